The Hall–Kier alpha value is -3.54. The van der Waals surface area contributed by atoms with Crippen molar-refractivity contribution in [2.75, 3.05) is 5.32 Å². The van der Waals surface area contributed by atoms with E-state index in [0.29, 0.717) is 23.8 Å². The Morgan fingerprint density at radius 1 is 1.03 bits per heavy atom. The second-order valence-corrected chi connectivity index (χ2v) is 7.79. The number of hydrogen-bond donors (Lipinski definition) is 1. The molecule has 152 valence electrons. The maximum absolute atomic E-state index is 11.6. The Labute approximate surface area is 176 Å². The van der Waals surface area contributed by atoms with Crippen LogP contribution in [0.15, 0.2) is 54.9 Å². The van der Waals surface area contributed by atoms with Gasteiger partial charge in [0, 0.05) is 23.7 Å². The highest BCUT2D eigenvalue weighted by Crippen LogP contribution is 2.26. The number of fused-ring (bicyclic) bond motifs is 1. The molecule has 2 heterocycles. The SMILES string of the molecule is CC(=O)c1ccc(-c2nc(NCc3ccc(C)cc3)c3ncn(C(C)C)c3n2)cc1. The molecule has 2 aromatic heterocycles. The second kappa shape index (κ2) is 8.06. The van der Waals surface area contributed by atoms with Crippen molar-refractivity contribution in [2.24, 2.45) is 0 Å². The third-order valence-corrected chi connectivity index (χ3v) is 5.11. The van der Waals surface area contributed by atoms with Crippen LogP contribution in [0.1, 0.15) is 48.3 Å². The molecule has 0 aliphatic heterocycles. The Kier molecular flexibility index (Phi) is 5.31. The van der Waals surface area contributed by atoms with Gasteiger partial charge in [-0.25, -0.2) is 15.0 Å². The van der Waals surface area contributed by atoms with E-state index in [-0.39, 0.29) is 11.8 Å². The zero-order valence-corrected chi connectivity index (χ0v) is 17.7. The van der Waals surface area contributed by atoms with Crippen molar-refractivity contribution in [3.8, 4) is 11.4 Å². The van der Waals surface area contributed by atoms with E-state index in [0.717, 1.165) is 16.7 Å². The van der Waals surface area contributed by atoms with E-state index in [9.17, 15) is 4.79 Å². The van der Waals surface area contributed by atoms with Gasteiger partial charge in [-0.1, -0.05) is 54.1 Å². The minimum absolute atomic E-state index is 0.0382. The second-order valence-electron chi connectivity index (χ2n) is 7.79. The number of aromatic nitrogens is 4. The lowest BCUT2D eigenvalue weighted by atomic mass is 10.1. The summed E-state index contributed by atoms with van der Waals surface area (Å²) >= 11 is 0. The molecule has 0 spiro atoms. The summed E-state index contributed by atoms with van der Waals surface area (Å²) in [5, 5.41) is 3.43. The van der Waals surface area contributed by atoms with Crippen LogP contribution in [-0.2, 0) is 6.54 Å². The quantitative estimate of drug-likeness (QED) is 0.451. The van der Waals surface area contributed by atoms with Crippen molar-refractivity contribution in [3.63, 3.8) is 0 Å². The van der Waals surface area contributed by atoms with E-state index in [1.165, 1.54) is 11.1 Å². The van der Waals surface area contributed by atoms with E-state index >= 15 is 0 Å². The maximum Gasteiger partial charge on any atom is 0.166 e. The predicted molar refractivity (Wildman–Crippen MR) is 120 cm³/mol. The number of carbonyl (C=O) groups excluding carboxylic acids is 1. The number of nitrogens with zero attached hydrogens (tertiary/aromatic N) is 4. The lowest BCUT2D eigenvalue weighted by Crippen LogP contribution is -2.06. The van der Waals surface area contributed by atoms with Crippen LogP contribution in [0.4, 0.5) is 5.82 Å². The summed E-state index contributed by atoms with van der Waals surface area (Å²) in [5.41, 5.74) is 5.47. The van der Waals surface area contributed by atoms with Crippen LogP contribution in [0.3, 0.4) is 0 Å². The molecule has 0 saturated carbocycles. The molecule has 0 radical (unpaired) electrons. The number of rotatable bonds is 6. The molecule has 1 N–H and O–H groups in total. The lowest BCUT2D eigenvalue weighted by molar-refractivity contribution is 0.101. The summed E-state index contributed by atoms with van der Waals surface area (Å²) in [5.74, 6) is 1.34. The summed E-state index contributed by atoms with van der Waals surface area (Å²) in [6.45, 7) is 8.48. The summed E-state index contributed by atoms with van der Waals surface area (Å²) in [6.07, 6.45) is 1.81. The van der Waals surface area contributed by atoms with Crippen molar-refractivity contribution in [1.82, 2.24) is 19.5 Å². The van der Waals surface area contributed by atoms with Gasteiger partial charge in [-0.15, -0.1) is 0 Å². The van der Waals surface area contributed by atoms with Crippen molar-refractivity contribution in [3.05, 3.63) is 71.5 Å². The van der Waals surface area contributed by atoms with Gasteiger partial charge in [0.15, 0.2) is 23.1 Å². The Morgan fingerprint density at radius 2 is 1.73 bits per heavy atom. The first-order valence-electron chi connectivity index (χ1n) is 10.1. The van der Waals surface area contributed by atoms with E-state index in [2.05, 4.69) is 55.3 Å². The number of hydrogen-bond acceptors (Lipinski definition) is 5. The van der Waals surface area contributed by atoms with Gasteiger partial charge in [0.2, 0.25) is 0 Å². The molecule has 0 aliphatic carbocycles. The van der Waals surface area contributed by atoms with Crippen LogP contribution >= 0.6 is 0 Å². The predicted octanol–water partition coefficient (Wildman–Crippen LogP) is 5.20. The average Bonchev–Trinajstić information content (AvgIpc) is 3.17. The summed E-state index contributed by atoms with van der Waals surface area (Å²) in [6, 6.07) is 16.0. The van der Waals surface area contributed by atoms with Gasteiger partial charge in [0.05, 0.1) is 6.33 Å². The van der Waals surface area contributed by atoms with Crippen molar-refractivity contribution in [2.45, 2.75) is 40.3 Å². The van der Waals surface area contributed by atoms with Crippen molar-refractivity contribution in [1.29, 1.82) is 0 Å². The van der Waals surface area contributed by atoms with Crippen LogP contribution in [0, 0.1) is 6.92 Å². The molecule has 0 saturated heterocycles. The number of imidazole rings is 1. The Bertz CT molecular complexity index is 1190. The van der Waals surface area contributed by atoms with E-state index in [1.54, 1.807) is 6.92 Å². The first-order chi connectivity index (χ1) is 14.4. The number of aryl methyl sites for hydroxylation is 1. The van der Waals surface area contributed by atoms with Gasteiger partial charge < -0.3 is 9.88 Å². The Morgan fingerprint density at radius 3 is 2.37 bits per heavy atom. The molecule has 0 fully saturated rings. The average molecular weight is 399 g/mol. The molecule has 30 heavy (non-hydrogen) atoms. The number of Topliss-reactive ketones (excluding diaryl/α,β-unsaturated/α-hetero) is 1. The Balaban J connectivity index is 1.75. The molecular formula is C24H25N5O. The standard InChI is InChI=1S/C24H25N5O/c1-15(2)29-14-26-21-23(25-13-18-7-5-16(3)6-8-18)27-22(28-24(21)29)20-11-9-19(10-12-20)17(4)30/h5-12,14-15H,13H2,1-4H3,(H,25,27,28). The summed E-state index contributed by atoms with van der Waals surface area (Å²) in [4.78, 5) is 25.7. The number of carbonyl (C=O) groups is 1. The van der Waals surface area contributed by atoms with Crippen LogP contribution in [0.2, 0.25) is 0 Å². The maximum atomic E-state index is 11.6. The third kappa shape index (κ3) is 3.94. The third-order valence-electron chi connectivity index (χ3n) is 5.11. The molecule has 0 unspecified atom stereocenters. The molecular weight excluding hydrogens is 374 g/mol. The molecule has 0 aliphatic rings. The monoisotopic (exact) mass is 399 g/mol. The fourth-order valence-electron chi connectivity index (χ4n) is 3.29. The van der Waals surface area contributed by atoms with E-state index in [4.69, 9.17) is 9.97 Å². The number of ketones is 1. The molecule has 4 aromatic rings. The first-order valence-corrected chi connectivity index (χ1v) is 10.1. The molecule has 6 heteroatoms. The van der Waals surface area contributed by atoms with Gasteiger partial charge in [-0.2, -0.15) is 0 Å². The number of benzene rings is 2. The van der Waals surface area contributed by atoms with Gasteiger partial charge in [-0.3, -0.25) is 4.79 Å². The normalized spacial score (nSPS) is 11.2. The van der Waals surface area contributed by atoms with Gasteiger partial charge in [0.1, 0.15) is 5.52 Å². The largest absolute Gasteiger partial charge is 0.364 e. The first kappa shape index (κ1) is 19.8. The van der Waals surface area contributed by atoms with Crippen LogP contribution in [-0.4, -0.2) is 25.3 Å². The van der Waals surface area contributed by atoms with Crippen LogP contribution < -0.4 is 5.32 Å². The van der Waals surface area contributed by atoms with Gasteiger partial charge >= 0.3 is 0 Å². The van der Waals surface area contributed by atoms with Gasteiger partial charge in [0.25, 0.3) is 0 Å². The number of nitrogens with one attached hydrogen (secondary N) is 1. The topological polar surface area (TPSA) is 72.7 Å². The van der Waals surface area contributed by atoms with Crippen molar-refractivity contribution >= 4 is 22.8 Å². The zero-order chi connectivity index (χ0) is 21.3. The lowest BCUT2D eigenvalue weighted by Gasteiger charge is -2.12. The minimum Gasteiger partial charge on any atom is -0.364 e. The molecule has 4 rings (SSSR count). The zero-order valence-electron chi connectivity index (χ0n) is 17.7. The summed E-state index contributed by atoms with van der Waals surface area (Å²) in [7, 11) is 0. The molecule has 0 bridgehead atoms. The molecule has 0 amide bonds. The van der Waals surface area contributed by atoms with Crippen LogP contribution in [0.25, 0.3) is 22.6 Å². The highest BCUT2D eigenvalue weighted by molar-refractivity contribution is 5.94. The minimum atomic E-state index is 0.0382. The molecule has 2 aromatic carbocycles. The smallest absolute Gasteiger partial charge is 0.166 e. The highest BCUT2D eigenvalue weighted by atomic mass is 16.1. The molecule has 6 nitrogen and oxygen atoms in total. The number of anilines is 1. The molecule has 0 atom stereocenters. The summed E-state index contributed by atoms with van der Waals surface area (Å²) < 4.78 is 2.04. The van der Waals surface area contributed by atoms with E-state index in [1.807, 2.05) is 35.2 Å². The fraction of sp³-hybridized carbons (Fsp3) is 0.250. The highest BCUT2D eigenvalue weighted by Gasteiger charge is 2.16. The van der Waals surface area contributed by atoms with Gasteiger partial charge in [-0.05, 0) is 33.3 Å². The fourth-order valence-corrected chi connectivity index (χ4v) is 3.29. The van der Waals surface area contributed by atoms with E-state index < -0.39 is 0 Å². The van der Waals surface area contributed by atoms with Crippen LogP contribution in [0.5, 0.6) is 0 Å². The van der Waals surface area contributed by atoms with Crippen molar-refractivity contribution < 1.29 is 4.79 Å².